The Morgan fingerprint density at radius 2 is 2.04 bits per heavy atom. The molecule has 0 saturated carbocycles. The summed E-state index contributed by atoms with van der Waals surface area (Å²) in [7, 11) is 0. The van der Waals surface area contributed by atoms with Gasteiger partial charge >= 0.3 is 5.97 Å². The van der Waals surface area contributed by atoms with Crippen LogP contribution in [0.25, 0.3) is 0 Å². The zero-order valence-corrected chi connectivity index (χ0v) is 13.1. The van der Waals surface area contributed by atoms with Gasteiger partial charge < -0.3 is 10.1 Å². The first-order valence-electron chi connectivity index (χ1n) is 7.66. The summed E-state index contributed by atoms with van der Waals surface area (Å²) in [5.74, 6) is -0.472. The number of benzene rings is 1. The van der Waals surface area contributed by atoms with Crippen molar-refractivity contribution in [1.82, 2.24) is 4.98 Å². The molecule has 0 aliphatic rings. The van der Waals surface area contributed by atoms with E-state index in [1.807, 2.05) is 18.2 Å². The van der Waals surface area contributed by atoms with E-state index < -0.39 is 5.97 Å². The van der Waals surface area contributed by atoms with Crippen molar-refractivity contribution in [2.45, 2.75) is 26.2 Å². The fraction of sp³-hybridized carbons (Fsp3) is 0.278. The van der Waals surface area contributed by atoms with Crippen molar-refractivity contribution in [3.63, 3.8) is 0 Å². The minimum Gasteiger partial charge on any atom is -0.462 e. The van der Waals surface area contributed by atoms with E-state index >= 15 is 0 Å². The molecular formula is C18H20N2O3. The molecule has 1 heterocycles. The van der Waals surface area contributed by atoms with E-state index in [-0.39, 0.29) is 5.91 Å². The lowest BCUT2D eigenvalue weighted by atomic mass is 10.1. The number of nitrogens with zero attached hydrogens (tertiary/aromatic N) is 1. The number of hydrogen-bond donors (Lipinski definition) is 1. The van der Waals surface area contributed by atoms with Crippen molar-refractivity contribution in [2.75, 3.05) is 11.9 Å². The van der Waals surface area contributed by atoms with Gasteiger partial charge in [-0.1, -0.05) is 12.1 Å². The number of carbonyl (C=O) groups is 2. The molecule has 1 amide bonds. The standard InChI is InChI=1S/C18H20N2O3/c1-2-23-18(22)14-7-5-10-16(13-14)20-17(21)11-6-9-15-8-3-4-12-19-15/h3-5,7-8,10,12-13H,2,6,9,11H2,1H3,(H,20,21). The first kappa shape index (κ1) is 16.7. The fourth-order valence-electron chi connectivity index (χ4n) is 2.14. The Kier molecular flexibility index (Phi) is 6.29. The minimum atomic E-state index is -0.390. The number of rotatable bonds is 7. The maximum atomic E-state index is 12.0. The van der Waals surface area contributed by atoms with Gasteiger partial charge in [-0.25, -0.2) is 4.79 Å². The molecule has 1 aromatic heterocycles. The van der Waals surface area contributed by atoms with E-state index in [4.69, 9.17) is 4.74 Å². The predicted octanol–water partition coefficient (Wildman–Crippen LogP) is 3.22. The molecule has 2 rings (SSSR count). The quantitative estimate of drug-likeness (QED) is 0.797. The molecule has 0 atom stereocenters. The molecule has 0 unspecified atom stereocenters. The van der Waals surface area contributed by atoms with Crippen LogP contribution in [0.5, 0.6) is 0 Å². The molecule has 2 aromatic rings. The number of anilines is 1. The van der Waals surface area contributed by atoms with Crippen LogP contribution in [-0.4, -0.2) is 23.5 Å². The Morgan fingerprint density at radius 3 is 2.78 bits per heavy atom. The first-order chi connectivity index (χ1) is 11.2. The van der Waals surface area contributed by atoms with Crippen LogP contribution in [0, 0.1) is 0 Å². The average molecular weight is 312 g/mol. The summed E-state index contributed by atoms with van der Waals surface area (Å²) in [5.41, 5.74) is 2.00. The van der Waals surface area contributed by atoms with Crippen LogP contribution in [0.1, 0.15) is 35.8 Å². The minimum absolute atomic E-state index is 0.0815. The highest BCUT2D eigenvalue weighted by Gasteiger charge is 2.08. The summed E-state index contributed by atoms with van der Waals surface area (Å²) in [6.45, 7) is 2.08. The SMILES string of the molecule is CCOC(=O)c1cccc(NC(=O)CCCc2ccccn2)c1. The number of aryl methyl sites for hydroxylation is 1. The largest absolute Gasteiger partial charge is 0.462 e. The number of carbonyl (C=O) groups excluding carboxylic acids is 2. The first-order valence-corrected chi connectivity index (χ1v) is 7.66. The highest BCUT2D eigenvalue weighted by atomic mass is 16.5. The van der Waals surface area contributed by atoms with Crippen LogP contribution in [0.15, 0.2) is 48.7 Å². The zero-order chi connectivity index (χ0) is 16.5. The second kappa shape index (κ2) is 8.68. The topological polar surface area (TPSA) is 68.3 Å². The fourth-order valence-corrected chi connectivity index (χ4v) is 2.14. The van der Waals surface area contributed by atoms with E-state index in [9.17, 15) is 9.59 Å². The third-order valence-electron chi connectivity index (χ3n) is 3.22. The molecule has 5 nitrogen and oxygen atoms in total. The molecule has 120 valence electrons. The molecule has 0 bridgehead atoms. The Bertz CT molecular complexity index is 656. The van der Waals surface area contributed by atoms with Gasteiger partial charge in [0.1, 0.15) is 0 Å². The van der Waals surface area contributed by atoms with Crippen LogP contribution in [0.3, 0.4) is 0 Å². The van der Waals surface area contributed by atoms with Gasteiger partial charge in [-0.3, -0.25) is 9.78 Å². The van der Waals surface area contributed by atoms with Crippen molar-refractivity contribution in [2.24, 2.45) is 0 Å². The Hall–Kier alpha value is -2.69. The summed E-state index contributed by atoms with van der Waals surface area (Å²) in [6, 6.07) is 12.5. The van der Waals surface area contributed by atoms with E-state index in [2.05, 4.69) is 10.3 Å². The van der Waals surface area contributed by atoms with Gasteiger partial charge in [-0.05, 0) is 50.1 Å². The van der Waals surface area contributed by atoms with Crippen LogP contribution < -0.4 is 5.32 Å². The maximum Gasteiger partial charge on any atom is 0.338 e. The van der Waals surface area contributed by atoms with E-state index in [0.717, 1.165) is 18.5 Å². The van der Waals surface area contributed by atoms with Crippen LogP contribution in [-0.2, 0) is 16.0 Å². The maximum absolute atomic E-state index is 12.0. The number of esters is 1. The van der Waals surface area contributed by atoms with Crippen molar-refractivity contribution in [3.8, 4) is 0 Å². The highest BCUT2D eigenvalue weighted by molar-refractivity contribution is 5.94. The van der Waals surface area contributed by atoms with Gasteiger partial charge in [0.25, 0.3) is 0 Å². The monoisotopic (exact) mass is 312 g/mol. The lowest BCUT2D eigenvalue weighted by molar-refractivity contribution is -0.116. The predicted molar refractivity (Wildman–Crippen MR) is 88.2 cm³/mol. The van der Waals surface area contributed by atoms with Gasteiger partial charge in [-0.15, -0.1) is 0 Å². The third kappa shape index (κ3) is 5.54. The van der Waals surface area contributed by atoms with Crippen molar-refractivity contribution in [3.05, 3.63) is 59.9 Å². The van der Waals surface area contributed by atoms with E-state index in [1.165, 1.54) is 0 Å². The summed E-state index contributed by atoms with van der Waals surface area (Å²) < 4.78 is 4.94. The Labute approximate surface area is 135 Å². The summed E-state index contributed by atoms with van der Waals surface area (Å²) in [6.07, 6.45) is 3.63. The summed E-state index contributed by atoms with van der Waals surface area (Å²) >= 11 is 0. The summed E-state index contributed by atoms with van der Waals surface area (Å²) in [4.78, 5) is 27.9. The molecule has 23 heavy (non-hydrogen) atoms. The molecular weight excluding hydrogens is 292 g/mol. The van der Waals surface area contributed by atoms with Crippen LogP contribution in [0.2, 0.25) is 0 Å². The van der Waals surface area contributed by atoms with Crippen molar-refractivity contribution < 1.29 is 14.3 Å². The molecule has 0 aliphatic carbocycles. The Balaban J connectivity index is 1.83. The smallest absolute Gasteiger partial charge is 0.338 e. The van der Waals surface area contributed by atoms with Crippen LogP contribution in [0.4, 0.5) is 5.69 Å². The number of nitrogens with one attached hydrogen (secondary N) is 1. The van der Waals surface area contributed by atoms with E-state index in [1.54, 1.807) is 37.4 Å². The van der Waals surface area contributed by atoms with Crippen LogP contribution >= 0.6 is 0 Å². The normalized spacial score (nSPS) is 10.1. The van der Waals surface area contributed by atoms with Crippen molar-refractivity contribution >= 4 is 17.6 Å². The lowest BCUT2D eigenvalue weighted by Gasteiger charge is -2.07. The molecule has 0 aliphatic heterocycles. The van der Waals surface area contributed by atoms with Gasteiger partial charge in [0.2, 0.25) is 5.91 Å². The van der Waals surface area contributed by atoms with E-state index in [0.29, 0.717) is 24.3 Å². The average Bonchev–Trinajstić information content (AvgIpc) is 2.56. The third-order valence-corrected chi connectivity index (χ3v) is 3.22. The number of ether oxygens (including phenoxy) is 1. The molecule has 0 radical (unpaired) electrons. The highest BCUT2D eigenvalue weighted by Crippen LogP contribution is 2.13. The molecule has 0 fully saturated rings. The zero-order valence-electron chi connectivity index (χ0n) is 13.1. The summed E-state index contributed by atoms with van der Waals surface area (Å²) in [5, 5.41) is 2.80. The van der Waals surface area contributed by atoms with Gasteiger partial charge in [0.05, 0.1) is 12.2 Å². The molecule has 0 spiro atoms. The van der Waals surface area contributed by atoms with Gasteiger partial charge in [0, 0.05) is 24.0 Å². The van der Waals surface area contributed by atoms with Gasteiger partial charge in [-0.2, -0.15) is 0 Å². The lowest BCUT2D eigenvalue weighted by Crippen LogP contribution is -2.12. The number of pyridine rings is 1. The number of aromatic nitrogens is 1. The molecule has 1 N–H and O–H groups in total. The Morgan fingerprint density at radius 1 is 1.17 bits per heavy atom. The number of amides is 1. The molecule has 1 aromatic carbocycles. The second-order valence-corrected chi connectivity index (χ2v) is 5.02. The van der Waals surface area contributed by atoms with Gasteiger partial charge in [0.15, 0.2) is 0 Å². The van der Waals surface area contributed by atoms with Crippen molar-refractivity contribution in [1.29, 1.82) is 0 Å². The number of hydrogen-bond acceptors (Lipinski definition) is 4. The molecule has 5 heteroatoms. The molecule has 0 saturated heterocycles. The second-order valence-electron chi connectivity index (χ2n) is 5.02.